The van der Waals surface area contributed by atoms with E-state index in [4.69, 9.17) is 5.73 Å². The van der Waals surface area contributed by atoms with Gasteiger partial charge in [-0.15, -0.1) is 0 Å². The number of anilines is 1. The third kappa shape index (κ3) is 1.28. The minimum Gasteiger partial charge on any atom is -0.383 e. The van der Waals surface area contributed by atoms with E-state index in [1.54, 1.807) is 18.6 Å². The summed E-state index contributed by atoms with van der Waals surface area (Å²) in [5.41, 5.74) is 7.26. The molecule has 3 aromatic rings. The van der Waals surface area contributed by atoms with Crippen molar-refractivity contribution in [1.82, 2.24) is 25.1 Å². The number of aromatic nitrogens is 5. The third-order valence-corrected chi connectivity index (χ3v) is 2.26. The molecule has 0 amide bonds. The lowest BCUT2D eigenvalue weighted by Gasteiger charge is -2.00. The second-order valence-electron chi connectivity index (χ2n) is 3.31. The summed E-state index contributed by atoms with van der Waals surface area (Å²) in [5.74, 6) is 0.958. The summed E-state index contributed by atoms with van der Waals surface area (Å²) in [5, 5.41) is 7.37. The Kier molecular flexibility index (Phi) is 1.79. The molecule has 0 radical (unpaired) electrons. The van der Waals surface area contributed by atoms with E-state index in [-0.39, 0.29) is 0 Å². The van der Waals surface area contributed by atoms with E-state index in [1.165, 1.54) is 0 Å². The van der Waals surface area contributed by atoms with Crippen molar-refractivity contribution in [3.05, 3.63) is 30.7 Å². The molecular weight excluding hydrogens is 204 g/mol. The molecule has 0 fully saturated rings. The van der Waals surface area contributed by atoms with Crippen LogP contribution in [0.25, 0.3) is 22.4 Å². The highest BCUT2D eigenvalue weighted by molar-refractivity contribution is 5.86. The summed E-state index contributed by atoms with van der Waals surface area (Å²) in [6, 6.07) is 3.70. The number of nitrogens with one attached hydrogen (secondary N) is 1. The molecule has 16 heavy (non-hydrogen) atoms. The van der Waals surface area contributed by atoms with E-state index in [0.29, 0.717) is 17.3 Å². The number of aromatic amines is 1. The van der Waals surface area contributed by atoms with Crippen LogP contribution in [0.3, 0.4) is 0 Å². The van der Waals surface area contributed by atoms with Crippen molar-refractivity contribution in [1.29, 1.82) is 0 Å². The number of nitrogens with two attached hydrogens (primary N) is 1. The maximum Gasteiger partial charge on any atom is 0.165 e. The molecule has 6 nitrogen and oxygen atoms in total. The number of hydrogen-bond acceptors (Lipinski definition) is 5. The number of nitrogens with zero attached hydrogens (tertiary/aromatic N) is 4. The normalized spacial score (nSPS) is 10.8. The highest BCUT2D eigenvalue weighted by atomic mass is 15.2. The van der Waals surface area contributed by atoms with Crippen LogP contribution in [0.5, 0.6) is 0 Å². The number of fused-ring (bicyclic) bond motifs is 1. The van der Waals surface area contributed by atoms with Crippen LogP contribution < -0.4 is 5.73 Å². The summed E-state index contributed by atoms with van der Waals surface area (Å²) in [6.07, 6.45) is 5.00. The van der Waals surface area contributed by atoms with E-state index < -0.39 is 0 Å². The van der Waals surface area contributed by atoms with Gasteiger partial charge in [-0.2, -0.15) is 5.10 Å². The molecule has 0 unspecified atom stereocenters. The van der Waals surface area contributed by atoms with Crippen LogP contribution in [0.4, 0.5) is 5.82 Å². The van der Waals surface area contributed by atoms with Gasteiger partial charge in [-0.3, -0.25) is 10.1 Å². The molecule has 0 aliphatic carbocycles. The molecule has 3 rings (SSSR count). The lowest BCUT2D eigenvalue weighted by molar-refractivity contribution is 1.09. The van der Waals surface area contributed by atoms with Gasteiger partial charge in [0, 0.05) is 18.0 Å². The first-order valence-corrected chi connectivity index (χ1v) is 4.71. The Labute approximate surface area is 90.6 Å². The standard InChI is InChI=1S/C10H8N6/c11-8-7-5-13-16-10(7)15-9(14-8)6-2-1-3-12-4-6/h1-5H,(H3,11,13,14,15,16). The average Bonchev–Trinajstić information content (AvgIpc) is 2.79. The lowest BCUT2D eigenvalue weighted by Crippen LogP contribution is -1.96. The molecule has 0 atom stereocenters. The van der Waals surface area contributed by atoms with Gasteiger partial charge in [0.25, 0.3) is 0 Å². The molecule has 78 valence electrons. The van der Waals surface area contributed by atoms with Crippen LogP contribution in [0.15, 0.2) is 30.7 Å². The monoisotopic (exact) mass is 212 g/mol. The summed E-state index contributed by atoms with van der Waals surface area (Å²) in [6.45, 7) is 0. The number of hydrogen-bond donors (Lipinski definition) is 2. The first-order valence-electron chi connectivity index (χ1n) is 4.71. The van der Waals surface area contributed by atoms with Crippen LogP contribution >= 0.6 is 0 Å². The van der Waals surface area contributed by atoms with E-state index in [9.17, 15) is 0 Å². The number of rotatable bonds is 1. The topological polar surface area (TPSA) is 93.4 Å². The second-order valence-corrected chi connectivity index (χ2v) is 3.31. The smallest absolute Gasteiger partial charge is 0.165 e. The minimum absolute atomic E-state index is 0.414. The summed E-state index contributed by atoms with van der Waals surface area (Å²) >= 11 is 0. The predicted octanol–water partition coefficient (Wildman–Crippen LogP) is 0.997. The Hall–Kier alpha value is -2.50. The highest BCUT2D eigenvalue weighted by Gasteiger charge is 2.08. The van der Waals surface area contributed by atoms with Crippen molar-refractivity contribution in [2.75, 3.05) is 5.73 Å². The van der Waals surface area contributed by atoms with E-state index in [2.05, 4.69) is 25.1 Å². The minimum atomic E-state index is 0.414. The zero-order valence-electron chi connectivity index (χ0n) is 8.25. The Morgan fingerprint density at radius 1 is 1.19 bits per heavy atom. The van der Waals surface area contributed by atoms with Crippen LogP contribution in [0.2, 0.25) is 0 Å². The first-order chi connectivity index (χ1) is 7.84. The number of H-pyrrole nitrogens is 1. The van der Waals surface area contributed by atoms with Gasteiger partial charge in [-0.05, 0) is 12.1 Å². The molecule has 3 aromatic heterocycles. The van der Waals surface area contributed by atoms with Gasteiger partial charge >= 0.3 is 0 Å². The van der Waals surface area contributed by atoms with Gasteiger partial charge in [0.2, 0.25) is 0 Å². The molecule has 0 aliphatic heterocycles. The van der Waals surface area contributed by atoms with Gasteiger partial charge in [-0.1, -0.05) is 0 Å². The Morgan fingerprint density at radius 3 is 2.94 bits per heavy atom. The van der Waals surface area contributed by atoms with Crippen molar-refractivity contribution in [3.63, 3.8) is 0 Å². The zero-order chi connectivity index (χ0) is 11.0. The fourth-order valence-electron chi connectivity index (χ4n) is 1.48. The van der Waals surface area contributed by atoms with E-state index in [0.717, 1.165) is 10.9 Å². The van der Waals surface area contributed by atoms with Crippen LogP contribution in [-0.4, -0.2) is 25.1 Å². The molecule has 0 spiro atoms. The molecule has 0 bridgehead atoms. The van der Waals surface area contributed by atoms with Gasteiger partial charge < -0.3 is 5.73 Å². The lowest BCUT2D eigenvalue weighted by atomic mass is 10.2. The Bertz CT molecular complexity index is 630. The third-order valence-electron chi connectivity index (χ3n) is 2.26. The van der Waals surface area contributed by atoms with Gasteiger partial charge in [0.05, 0.1) is 11.6 Å². The fourth-order valence-corrected chi connectivity index (χ4v) is 1.48. The maximum atomic E-state index is 5.81. The summed E-state index contributed by atoms with van der Waals surface area (Å²) in [4.78, 5) is 12.5. The molecule has 6 heteroatoms. The van der Waals surface area contributed by atoms with Crippen LogP contribution in [0.1, 0.15) is 0 Å². The summed E-state index contributed by atoms with van der Waals surface area (Å²) in [7, 11) is 0. The second kappa shape index (κ2) is 3.27. The predicted molar refractivity (Wildman–Crippen MR) is 59.3 cm³/mol. The molecule has 3 heterocycles. The van der Waals surface area contributed by atoms with Crippen molar-refractivity contribution < 1.29 is 0 Å². The van der Waals surface area contributed by atoms with Gasteiger partial charge in [0.15, 0.2) is 11.5 Å². The van der Waals surface area contributed by atoms with Crippen LogP contribution in [0, 0.1) is 0 Å². The fraction of sp³-hybridized carbons (Fsp3) is 0. The molecule has 0 aromatic carbocycles. The molecular formula is C10H8N6. The van der Waals surface area contributed by atoms with Crippen molar-refractivity contribution in [3.8, 4) is 11.4 Å². The maximum absolute atomic E-state index is 5.81. The van der Waals surface area contributed by atoms with Gasteiger partial charge in [0.1, 0.15) is 5.82 Å². The largest absolute Gasteiger partial charge is 0.383 e. The quantitative estimate of drug-likeness (QED) is 0.627. The SMILES string of the molecule is Nc1nc(-c2cccnc2)nc2[nH]ncc12. The van der Waals surface area contributed by atoms with Crippen molar-refractivity contribution >= 4 is 16.9 Å². The molecule has 0 saturated heterocycles. The van der Waals surface area contributed by atoms with E-state index >= 15 is 0 Å². The average molecular weight is 212 g/mol. The molecule has 3 N–H and O–H groups in total. The zero-order valence-corrected chi connectivity index (χ0v) is 8.25. The van der Waals surface area contributed by atoms with Crippen molar-refractivity contribution in [2.45, 2.75) is 0 Å². The Morgan fingerprint density at radius 2 is 2.12 bits per heavy atom. The van der Waals surface area contributed by atoms with Gasteiger partial charge in [-0.25, -0.2) is 9.97 Å². The first kappa shape index (κ1) is 8.78. The molecule has 0 aliphatic rings. The van der Waals surface area contributed by atoms with Crippen LogP contribution in [-0.2, 0) is 0 Å². The van der Waals surface area contributed by atoms with E-state index in [1.807, 2.05) is 12.1 Å². The number of nitrogen functional groups attached to an aromatic ring is 1. The highest BCUT2D eigenvalue weighted by Crippen LogP contribution is 2.20. The molecule has 0 saturated carbocycles. The van der Waals surface area contributed by atoms with Crippen molar-refractivity contribution in [2.24, 2.45) is 0 Å². The summed E-state index contributed by atoms with van der Waals surface area (Å²) < 4.78 is 0. The Balaban J connectivity index is 2.25. The number of pyridine rings is 1.